The van der Waals surface area contributed by atoms with E-state index >= 15 is 0 Å². The first kappa shape index (κ1) is 10.3. The third kappa shape index (κ3) is 1.94. The van der Waals surface area contributed by atoms with Crippen molar-refractivity contribution >= 4 is 0 Å². The highest BCUT2D eigenvalue weighted by Gasteiger charge is 2.01. The fourth-order valence-electron chi connectivity index (χ4n) is 1.10. The molecule has 0 aliphatic carbocycles. The lowest BCUT2D eigenvalue weighted by Crippen LogP contribution is -2.38. The molecule has 1 aromatic heterocycles. The molecule has 0 radical (unpaired) electrons. The van der Waals surface area contributed by atoms with Crippen LogP contribution in [-0.2, 0) is 13.1 Å². The van der Waals surface area contributed by atoms with Crippen LogP contribution in [-0.4, -0.2) is 9.13 Å². The van der Waals surface area contributed by atoms with E-state index in [0.29, 0.717) is 6.54 Å². The van der Waals surface area contributed by atoms with Crippen molar-refractivity contribution in [1.29, 1.82) is 0 Å². The second kappa shape index (κ2) is 4.47. The molecule has 0 aliphatic heterocycles. The Labute approximate surface area is 81.8 Å². The number of hydrogen-bond acceptors (Lipinski definition) is 2. The number of aromatic nitrogens is 2. The van der Waals surface area contributed by atoms with E-state index in [9.17, 15) is 9.59 Å². The van der Waals surface area contributed by atoms with Crippen molar-refractivity contribution in [3.8, 4) is 11.8 Å². The molecule has 0 aromatic carbocycles. The highest BCUT2D eigenvalue weighted by molar-refractivity contribution is 4.97. The summed E-state index contributed by atoms with van der Waals surface area (Å²) < 4.78 is 2.60. The molecule has 1 aromatic rings. The zero-order valence-corrected chi connectivity index (χ0v) is 8.28. The molecule has 1 rings (SSSR count). The topological polar surface area (TPSA) is 44.0 Å². The number of rotatable bonds is 2. The molecule has 0 atom stereocenters. The van der Waals surface area contributed by atoms with Gasteiger partial charge in [0.25, 0.3) is 5.56 Å². The Balaban J connectivity index is 3.30. The molecule has 74 valence electrons. The molecular formula is C10H12N2O2. The minimum atomic E-state index is -0.303. The molecule has 4 heteroatoms. The molecule has 0 aliphatic rings. The summed E-state index contributed by atoms with van der Waals surface area (Å²) in [7, 11) is 0. The molecule has 0 amide bonds. The van der Waals surface area contributed by atoms with Gasteiger partial charge in [0.15, 0.2) is 0 Å². The summed E-state index contributed by atoms with van der Waals surface area (Å²) in [4.78, 5) is 22.9. The van der Waals surface area contributed by atoms with Gasteiger partial charge in [-0.05, 0) is 13.8 Å². The summed E-state index contributed by atoms with van der Waals surface area (Å²) in [5.74, 6) is 5.35. The molecule has 0 saturated carbocycles. The van der Waals surface area contributed by atoms with Gasteiger partial charge in [-0.25, -0.2) is 9.36 Å². The molecule has 0 unspecified atom stereocenters. The van der Waals surface area contributed by atoms with Gasteiger partial charge in [-0.15, -0.1) is 5.92 Å². The Hall–Kier alpha value is -1.76. The van der Waals surface area contributed by atoms with Crippen LogP contribution in [0.1, 0.15) is 13.8 Å². The monoisotopic (exact) mass is 192 g/mol. The van der Waals surface area contributed by atoms with E-state index in [2.05, 4.69) is 11.8 Å². The average molecular weight is 192 g/mol. The van der Waals surface area contributed by atoms with Gasteiger partial charge in [0.1, 0.15) is 0 Å². The van der Waals surface area contributed by atoms with Gasteiger partial charge >= 0.3 is 5.69 Å². The predicted octanol–water partition coefficient (Wildman–Crippen LogP) is 0.0532. The fourth-order valence-corrected chi connectivity index (χ4v) is 1.10. The first-order chi connectivity index (χ1) is 6.70. The second-order valence-electron chi connectivity index (χ2n) is 2.74. The Morgan fingerprint density at radius 2 is 2.14 bits per heavy atom. The summed E-state index contributed by atoms with van der Waals surface area (Å²) in [6, 6.07) is 1.38. The van der Waals surface area contributed by atoms with Crippen LogP contribution in [0.5, 0.6) is 0 Å². The molecule has 4 nitrogen and oxygen atoms in total. The third-order valence-electron chi connectivity index (χ3n) is 1.89. The number of nitrogens with zero attached hydrogens (tertiary/aromatic N) is 2. The SMILES string of the molecule is CC#CCn1c(=O)ccn(CC)c1=O. The number of aryl methyl sites for hydroxylation is 1. The predicted molar refractivity (Wildman–Crippen MR) is 54.1 cm³/mol. The Morgan fingerprint density at radius 1 is 1.43 bits per heavy atom. The van der Waals surface area contributed by atoms with Crippen molar-refractivity contribution in [3.05, 3.63) is 33.1 Å². The quantitative estimate of drug-likeness (QED) is 0.622. The molecule has 14 heavy (non-hydrogen) atoms. The standard InChI is InChI=1S/C10H12N2O2/c1-3-5-7-12-9(13)6-8-11(4-2)10(12)14/h6,8H,4,7H2,1-2H3. The first-order valence-corrected chi connectivity index (χ1v) is 4.40. The van der Waals surface area contributed by atoms with Crippen molar-refractivity contribution in [2.24, 2.45) is 0 Å². The maximum atomic E-state index is 11.6. The van der Waals surface area contributed by atoms with E-state index in [4.69, 9.17) is 0 Å². The summed E-state index contributed by atoms with van der Waals surface area (Å²) in [6.45, 7) is 4.24. The van der Waals surface area contributed by atoms with Crippen LogP contribution in [0, 0.1) is 11.8 Å². The first-order valence-electron chi connectivity index (χ1n) is 4.40. The maximum Gasteiger partial charge on any atom is 0.331 e. The van der Waals surface area contributed by atoms with Gasteiger partial charge in [-0.3, -0.25) is 4.79 Å². The molecule has 0 fully saturated rings. The lowest BCUT2D eigenvalue weighted by atomic mass is 10.5. The van der Waals surface area contributed by atoms with Gasteiger partial charge in [0, 0.05) is 18.8 Å². The summed E-state index contributed by atoms with van der Waals surface area (Å²) in [5, 5.41) is 0. The van der Waals surface area contributed by atoms with E-state index in [1.54, 1.807) is 6.92 Å². The Kier molecular flexibility index (Phi) is 3.29. The van der Waals surface area contributed by atoms with Crippen LogP contribution in [0.25, 0.3) is 0 Å². The van der Waals surface area contributed by atoms with Gasteiger partial charge in [-0.1, -0.05) is 5.92 Å². The van der Waals surface area contributed by atoms with Gasteiger partial charge in [-0.2, -0.15) is 0 Å². The average Bonchev–Trinajstić information content (AvgIpc) is 2.18. The fraction of sp³-hybridized carbons (Fsp3) is 0.400. The normalized spacial score (nSPS) is 9.29. The van der Waals surface area contributed by atoms with Crippen molar-refractivity contribution in [1.82, 2.24) is 9.13 Å². The summed E-state index contributed by atoms with van der Waals surface area (Å²) in [5.41, 5.74) is -0.606. The van der Waals surface area contributed by atoms with Crippen LogP contribution < -0.4 is 11.2 Å². The molecule has 1 heterocycles. The zero-order chi connectivity index (χ0) is 10.6. The van der Waals surface area contributed by atoms with E-state index in [1.807, 2.05) is 6.92 Å². The Morgan fingerprint density at radius 3 is 2.71 bits per heavy atom. The smallest absolute Gasteiger partial charge is 0.301 e. The maximum absolute atomic E-state index is 11.6. The molecular weight excluding hydrogens is 180 g/mol. The van der Waals surface area contributed by atoms with Crippen LogP contribution in [0.3, 0.4) is 0 Å². The van der Waals surface area contributed by atoms with Gasteiger partial charge < -0.3 is 4.57 Å². The van der Waals surface area contributed by atoms with Crippen LogP contribution in [0.15, 0.2) is 21.9 Å². The highest BCUT2D eigenvalue weighted by Crippen LogP contribution is 1.77. The minimum Gasteiger partial charge on any atom is -0.301 e. The van der Waals surface area contributed by atoms with E-state index < -0.39 is 0 Å². The minimum absolute atomic E-state index is 0.162. The molecule has 0 spiro atoms. The third-order valence-corrected chi connectivity index (χ3v) is 1.89. The van der Waals surface area contributed by atoms with E-state index in [0.717, 1.165) is 4.57 Å². The van der Waals surface area contributed by atoms with Crippen molar-refractivity contribution in [2.45, 2.75) is 26.9 Å². The van der Waals surface area contributed by atoms with E-state index in [1.165, 1.54) is 16.8 Å². The van der Waals surface area contributed by atoms with Crippen LogP contribution in [0.4, 0.5) is 0 Å². The van der Waals surface area contributed by atoms with Crippen LogP contribution >= 0.6 is 0 Å². The largest absolute Gasteiger partial charge is 0.331 e. The summed E-state index contributed by atoms with van der Waals surface area (Å²) >= 11 is 0. The van der Waals surface area contributed by atoms with Crippen molar-refractivity contribution in [3.63, 3.8) is 0 Å². The van der Waals surface area contributed by atoms with Crippen LogP contribution in [0.2, 0.25) is 0 Å². The lowest BCUT2D eigenvalue weighted by molar-refractivity contribution is 0.611. The highest BCUT2D eigenvalue weighted by atomic mass is 16.2. The van der Waals surface area contributed by atoms with Crippen molar-refractivity contribution in [2.75, 3.05) is 0 Å². The Bertz CT molecular complexity index is 485. The molecule has 0 N–H and O–H groups in total. The zero-order valence-electron chi connectivity index (χ0n) is 8.28. The second-order valence-corrected chi connectivity index (χ2v) is 2.74. The van der Waals surface area contributed by atoms with Gasteiger partial charge in [0.2, 0.25) is 0 Å². The van der Waals surface area contributed by atoms with Crippen molar-refractivity contribution < 1.29 is 0 Å². The summed E-state index contributed by atoms with van der Waals surface area (Å²) in [6.07, 6.45) is 1.50. The molecule has 0 saturated heterocycles. The number of hydrogen-bond donors (Lipinski definition) is 0. The van der Waals surface area contributed by atoms with Gasteiger partial charge in [0.05, 0.1) is 6.54 Å². The lowest BCUT2D eigenvalue weighted by Gasteiger charge is -2.04. The van der Waals surface area contributed by atoms with E-state index in [-0.39, 0.29) is 17.8 Å². The molecule has 0 bridgehead atoms.